The van der Waals surface area contributed by atoms with Gasteiger partial charge in [-0.3, -0.25) is 4.98 Å². The number of aromatic nitrogens is 1. The number of halogens is 1. The Balaban J connectivity index is 1.82. The summed E-state index contributed by atoms with van der Waals surface area (Å²) in [7, 11) is 0. The number of nitrogens with one attached hydrogen (secondary N) is 1. The molecule has 1 N–H and O–H groups in total. The molecule has 0 aliphatic carbocycles. The van der Waals surface area contributed by atoms with E-state index in [1.807, 2.05) is 12.4 Å². The van der Waals surface area contributed by atoms with E-state index < -0.39 is 0 Å². The summed E-state index contributed by atoms with van der Waals surface area (Å²) in [5.41, 5.74) is 1.29. The van der Waals surface area contributed by atoms with Crippen LogP contribution in [0.5, 0.6) is 0 Å². The van der Waals surface area contributed by atoms with Crippen molar-refractivity contribution in [2.45, 2.75) is 50.7 Å². The average molecular weight is 310 g/mol. The second-order valence-corrected chi connectivity index (χ2v) is 6.23. The molecule has 2 atom stereocenters. The number of rotatable bonds is 3. The maximum Gasteiger partial charge on any atom is 0.0592 e. The van der Waals surface area contributed by atoms with Gasteiger partial charge in [-0.05, 0) is 54.6 Å². The summed E-state index contributed by atoms with van der Waals surface area (Å²) >= 11 is 3.63. The molecule has 2 unspecified atom stereocenters. The Kier molecular flexibility index (Phi) is 3.57. The lowest BCUT2D eigenvalue weighted by Gasteiger charge is -2.39. The standard InChI is InChI=1S/C14H20BrN3/c1-2-18(14-5-6-16-9-13(14)15)12-7-10-3-4-11(8-12)17-10/h5-6,9-12,17H,2-4,7-8H2,1H3. The van der Waals surface area contributed by atoms with E-state index in [2.05, 4.69) is 44.1 Å². The molecular weight excluding hydrogens is 290 g/mol. The van der Waals surface area contributed by atoms with E-state index >= 15 is 0 Å². The van der Waals surface area contributed by atoms with Crippen molar-refractivity contribution in [1.29, 1.82) is 0 Å². The van der Waals surface area contributed by atoms with Crippen LogP contribution in [0, 0.1) is 0 Å². The minimum atomic E-state index is 0.674. The summed E-state index contributed by atoms with van der Waals surface area (Å²) in [4.78, 5) is 6.70. The fraction of sp³-hybridized carbons (Fsp3) is 0.643. The van der Waals surface area contributed by atoms with Gasteiger partial charge < -0.3 is 10.2 Å². The molecule has 0 aromatic carbocycles. The molecule has 1 aromatic heterocycles. The van der Waals surface area contributed by atoms with Crippen molar-refractivity contribution < 1.29 is 0 Å². The lowest BCUT2D eigenvalue weighted by atomic mass is 9.97. The summed E-state index contributed by atoms with van der Waals surface area (Å²) in [5, 5.41) is 3.71. The molecule has 0 radical (unpaired) electrons. The van der Waals surface area contributed by atoms with Crippen LogP contribution in [-0.2, 0) is 0 Å². The zero-order valence-corrected chi connectivity index (χ0v) is 12.4. The van der Waals surface area contributed by atoms with Crippen LogP contribution in [0.25, 0.3) is 0 Å². The third-order valence-corrected chi connectivity index (χ3v) is 4.90. The van der Waals surface area contributed by atoms with Gasteiger partial charge in [0.15, 0.2) is 0 Å². The number of hydrogen-bond acceptors (Lipinski definition) is 3. The molecule has 4 heteroatoms. The lowest BCUT2D eigenvalue weighted by Crippen LogP contribution is -2.48. The maximum atomic E-state index is 4.16. The Morgan fingerprint density at radius 2 is 2.11 bits per heavy atom. The highest BCUT2D eigenvalue weighted by molar-refractivity contribution is 9.10. The van der Waals surface area contributed by atoms with E-state index in [0.29, 0.717) is 6.04 Å². The summed E-state index contributed by atoms with van der Waals surface area (Å²) in [5.74, 6) is 0. The number of hydrogen-bond donors (Lipinski definition) is 1. The Morgan fingerprint density at radius 3 is 2.72 bits per heavy atom. The van der Waals surface area contributed by atoms with E-state index in [-0.39, 0.29) is 0 Å². The quantitative estimate of drug-likeness (QED) is 0.930. The van der Waals surface area contributed by atoms with Gasteiger partial charge in [-0.2, -0.15) is 0 Å². The van der Waals surface area contributed by atoms with Crippen molar-refractivity contribution in [3.05, 3.63) is 22.9 Å². The Morgan fingerprint density at radius 1 is 1.39 bits per heavy atom. The molecule has 0 saturated carbocycles. The molecule has 98 valence electrons. The molecule has 0 spiro atoms. The zero-order valence-electron chi connectivity index (χ0n) is 10.8. The first-order chi connectivity index (χ1) is 8.78. The van der Waals surface area contributed by atoms with Crippen LogP contribution in [-0.4, -0.2) is 29.7 Å². The van der Waals surface area contributed by atoms with Crippen LogP contribution in [0.3, 0.4) is 0 Å². The van der Waals surface area contributed by atoms with E-state index in [4.69, 9.17) is 0 Å². The number of pyridine rings is 1. The third kappa shape index (κ3) is 2.28. The van der Waals surface area contributed by atoms with E-state index in [9.17, 15) is 0 Å². The van der Waals surface area contributed by atoms with Crippen molar-refractivity contribution in [3.8, 4) is 0 Å². The van der Waals surface area contributed by atoms with Crippen molar-refractivity contribution in [3.63, 3.8) is 0 Å². The highest BCUT2D eigenvalue weighted by Gasteiger charge is 2.36. The molecule has 3 heterocycles. The van der Waals surface area contributed by atoms with Crippen LogP contribution in [0.4, 0.5) is 5.69 Å². The molecular formula is C14H20BrN3. The largest absolute Gasteiger partial charge is 0.368 e. The molecule has 0 amide bonds. The Bertz CT molecular complexity index is 411. The van der Waals surface area contributed by atoms with Gasteiger partial charge in [0.2, 0.25) is 0 Å². The van der Waals surface area contributed by atoms with Gasteiger partial charge in [-0.25, -0.2) is 0 Å². The summed E-state index contributed by atoms with van der Waals surface area (Å²) < 4.78 is 1.11. The molecule has 1 aromatic rings. The lowest BCUT2D eigenvalue weighted by molar-refractivity contribution is 0.349. The zero-order chi connectivity index (χ0) is 12.5. The van der Waals surface area contributed by atoms with E-state index in [0.717, 1.165) is 23.1 Å². The van der Waals surface area contributed by atoms with Crippen molar-refractivity contribution in [2.24, 2.45) is 0 Å². The fourth-order valence-electron chi connectivity index (χ4n) is 3.51. The average Bonchev–Trinajstić information content (AvgIpc) is 2.72. The van der Waals surface area contributed by atoms with Crippen LogP contribution in [0.15, 0.2) is 22.9 Å². The van der Waals surface area contributed by atoms with Crippen molar-refractivity contribution >= 4 is 21.6 Å². The molecule has 18 heavy (non-hydrogen) atoms. The second kappa shape index (κ2) is 5.17. The van der Waals surface area contributed by atoms with Gasteiger partial charge in [0.25, 0.3) is 0 Å². The van der Waals surface area contributed by atoms with Gasteiger partial charge in [0.05, 0.1) is 10.2 Å². The number of piperidine rings is 1. The van der Waals surface area contributed by atoms with Gasteiger partial charge in [-0.1, -0.05) is 0 Å². The predicted octanol–water partition coefficient (Wildman–Crippen LogP) is 2.95. The third-order valence-electron chi connectivity index (χ3n) is 4.29. The Hall–Kier alpha value is -0.610. The van der Waals surface area contributed by atoms with E-state index in [1.165, 1.54) is 31.4 Å². The summed E-state index contributed by atoms with van der Waals surface area (Å²) in [6.07, 6.45) is 9.05. The van der Waals surface area contributed by atoms with Gasteiger partial charge >= 0.3 is 0 Å². The molecule has 2 fully saturated rings. The van der Waals surface area contributed by atoms with Crippen LogP contribution in [0.2, 0.25) is 0 Å². The normalized spacial score (nSPS) is 30.4. The first-order valence-corrected chi connectivity index (χ1v) is 7.69. The van der Waals surface area contributed by atoms with Gasteiger partial charge in [0, 0.05) is 37.1 Å². The van der Waals surface area contributed by atoms with Crippen LogP contribution < -0.4 is 10.2 Å². The van der Waals surface area contributed by atoms with E-state index in [1.54, 1.807) is 0 Å². The molecule has 2 aliphatic rings. The monoisotopic (exact) mass is 309 g/mol. The number of fused-ring (bicyclic) bond motifs is 2. The molecule has 3 nitrogen and oxygen atoms in total. The SMILES string of the molecule is CCN(c1ccncc1Br)C1CC2CCC(C1)N2. The summed E-state index contributed by atoms with van der Waals surface area (Å²) in [6.45, 7) is 3.31. The highest BCUT2D eigenvalue weighted by atomic mass is 79.9. The van der Waals surface area contributed by atoms with Crippen molar-refractivity contribution in [1.82, 2.24) is 10.3 Å². The van der Waals surface area contributed by atoms with Crippen LogP contribution in [0.1, 0.15) is 32.6 Å². The fourth-order valence-corrected chi connectivity index (χ4v) is 3.99. The minimum Gasteiger partial charge on any atom is -0.368 e. The predicted molar refractivity (Wildman–Crippen MR) is 77.9 cm³/mol. The first-order valence-electron chi connectivity index (χ1n) is 6.90. The maximum absolute atomic E-state index is 4.16. The topological polar surface area (TPSA) is 28.2 Å². The summed E-state index contributed by atoms with van der Waals surface area (Å²) in [6, 6.07) is 4.27. The molecule has 2 aliphatic heterocycles. The molecule has 3 rings (SSSR count). The highest BCUT2D eigenvalue weighted by Crippen LogP contribution is 2.34. The van der Waals surface area contributed by atoms with Gasteiger partial charge in [-0.15, -0.1) is 0 Å². The number of anilines is 1. The molecule has 2 bridgehead atoms. The smallest absolute Gasteiger partial charge is 0.0592 e. The van der Waals surface area contributed by atoms with Crippen LogP contribution >= 0.6 is 15.9 Å². The van der Waals surface area contributed by atoms with Gasteiger partial charge in [0.1, 0.15) is 0 Å². The first kappa shape index (κ1) is 12.4. The van der Waals surface area contributed by atoms with Crippen molar-refractivity contribution in [2.75, 3.05) is 11.4 Å². The second-order valence-electron chi connectivity index (χ2n) is 5.38. The number of nitrogens with zero attached hydrogens (tertiary/aromatic N) is 2. The Labute approximate surface area is 117 Å². The molecule has 2 saturated heterocycles. The minimum absolute atomic E-state index is 0.674.